The summed E-state index contributed by atoms with van der Waals surface area (Å²) in [5.74, 6) is 0.616. The maximum absolute atomic E-state index is 12.5. The monoisotopic (exact) mass is 408 g/mol. The van der Waals surface area contributed by atoms with Gasteiger partial charge in [0.15, 0.2) is 0 Å². The Hall–Kier alpha value is -2.06. The fourth-order valence-corrected chi connectivity index (χ4v) is 2.63. The Morgan fingerprint density at radius 3 is 2.28 bits per heavy atom. The van der Waals surface area contributed by atoms with Crippen molar-refractivity contribution >= 4 is 18.4 Å². The number of nitrogens with zero attached hydrogens (tertiary/aromatic N) is 1. The van der Waals surface area contributed by atoms with Crippen molar-refractivity contribution < 1.29 is 22.5 Å². The molecule has 1 aliphatic rings. The number of hydrogen-bond acceptors (Lipinski definition) is 4. The van der Waals surface area contributed by atoms with Crippen LogP contribution in [0.1, 0.15) is 40.2 Å². The van der Waals surface area contributed by atoms with Crippen LogP contribution in [0.5, 0.6) is 0 Å². The molecule has 0 bridgehead atoms. The van der Waals surface area contributed by atoms with Crippen molar-refractivity contribution in [3.63, 3.8) is 0 Å². The van der Waals surface area contributed by atoms with E-state index in [1.807, 2.05) is 40.7 Å². The zero-order valence-electron chi connectivity index (χ0n) is 17.8. The Morgan fingerprint density at radius 1 is 1.21 bits per heavy atom. The Bertz CT molecular complexity index is 814. The number of nitrogens with one attached hydrogen (secondary N) is 1. The summed E-state index contributed by atoms with van der Waals surface area (Å²) in [6.45, 7) is 15.0. The quantitative estimate of drug-likeness (QED) is 0.547. The lowest BCUT2D eigenvalue weighted by molar-refractivity contribution is -0.0878. The van der Waals surface area contributed by atoms with Crippen molar-refractivity contribution in [1.82, 2.24) is 4.98 Å². The zero-order chi connectivity index (χ0) is 22.0. The highest BCUT2D eigenvalue weighted by atomic mass is 19.4. The molecule has 8 heteroatoms. The molecule has 158 valence electrons. The molecule has 2 rings (SSSR count). The van der Waals surface area contributed by atoms with Crippen molar-refractivity contribution in [2.45, 2.75) is 58.9 Å². The van der Waals surface area contributed by atoms with Crippen molar-refractivity contribution in [3.05, 3.63) is 53.8 Å². The third kappa shape index (κ3) is 5.51. The molecule has 0 atom stereocenters. The Kier molecular flexibility index (Phi) is 6.70. The van der Waals surface area contributed by atoms with Gasteiger partial charge in [-0.25, -0.2) is 4.98 Å². The van der Waals surface area contributed by atoms with Crippen LogP contribution in [-0.4, -0.2) is 36.0 Å². The van der Waals surface area contributed by atoms with Crippen LogP contribution in [0, 0.1) is 6.92 Å². The minimum absolute atomic E-state index is 0.334. The van der Waals surface area contributed by atoms with Gasteiger partial charge in [0, 0.05) is 23.8 Å². The van der Waals surface area contributed by atoms with Gasteiger partial charge in [0.1, 0.15) is 5.82 Å². The molecule has 0 saturated carbocycles. The molecule has 0 radical (unpaired) electrons. The highest BCUT2D eigenvalue weighted by Crippen LogP contribution is 2.36. The van der Waals surface area contributed by atoms with Crippen LogP contribution < -0.4 is 10.8 Å². The molecule has 1 aromatic rings. The number of pyridine rings is 1. The van der Waals surface area contributed by atoms with Gasteiger partial charge in [0.05, 0.1) is 11.2 Å². The number of halogens is 3. The second kappa shape index (κ2) is 8.36. The van der Waals surface area contributed by atoms with Crippen molar-refractivity contribution in [2.75, 3.05) is 11.9 Å². The van der Waals surface area contributed by atoms with E-state index in [1.165, 1.54) is 6.08 Å². The van der Waals surface area contributed by atoms with E-state index < -0.39 is 30.1 Å². The molecule has 1 fully saturated rings. The van der Waals surface area contributed by atoms with Gasteiger partial charge < -0.3 is 14.6 Å². The predicted octanol–water partition coefficient (Wildman–Crippen LogP) is 4.72. The maximum Gasteiger partial charge on any atom is 0.496 e. The fourth-order valence-electron chi connectivity index (χ4n) is 2.63. The molecule has 1 N–H and O–H groups in total. The molecule has 0 aromatic carbocycles. The summed E-state index contributed by atoms with van der Waals surface area (Å²) >= 11 is 0. The molecule has 4 nitrogen and oxygen atoms in total. The van der Waals surface area contributed by atoms with E-state index >= 15 is 0 Å². The Labute approximate surface area is 171 Å². The fraction of sp³-hybridized carbons (Fsp3) is 0.476. The number of alkyl halides is 3. The number of hydrogen-bond donors (Lipinski definition) is 1. The summed E-state index contributed by atoms with van der Waals surface area (Å²) in [5.41, 5.74) is 0.719. The second-order valence-electron chi connectivity index (χ2n) is 8.09. The predicted molar refractivity (Wildman–Crippen MR) is 111 cm³/mol. The number of aromatic nitrogens is 1. The lowest BCUT2D eigenvalue weighted by atomic mass is 9.77. The SMILES string of the molecule is C=C(/C=C\C(=C/C)CNc1cc(C)c(B2OC(C)(C)C(C)(C)O2)cn1)C(F)(F)F. The Morgan fingerprint density at radius 2 is 1.79 bits per heavy atom. The topological polar surface area (TPSA) is 43.4 Å². The van der Waals surface area contributed by atoms with Crippen LogP contribution in [0.3, 0.4) is 0 Å². The molecule has 0 aliphatic carbocycles. The summed E-state index contributed by atoms with van der Waals surface area (Å²) < 4.78 is 49.8. The van der Waals surface area contributed by atoms with Crippen LogP contribution in [0.2, 0.25) is 0 Å². The smallest absolute Gasteiger partial charge is 0.399 e. The maximum atomic E-state index is 12.5. The van der Waals surface area contributed by atoms with E-state index in [0.29, 0.717) is 17.9 Å². The highest BCUT2D eigenvalue weighted by Gasteiger charge is 2.52. The summed E-state index contributed by atoms with van der Waals surface area (Å²) in [6.07, 6.45) is 1.38. The first-order valence-electron chi connectivity index (χ1n) is 9.42. The molecule has 0 spiro atoms. The van der Waals surface area contributed by atoms with Crippen LogP contribution in [0.25, 0.3) is 0 Å². The average molecular weight is 408 g/mol. The van der Waals surface area contributed by atoms with Crippen molar-refractivity contribution in [1.29, 1.82) is 0 Å². The van der Waals surface area contributed by atoms with E-state index in [9.17, 15) is 13.2 Å². The Balaban J connectivity index is 2.04. The van der Waals surface area contributed by atoms with Gasteiger partial charge >= 0.3 is 13.3 Å². The normalized spacial score (nSPS) is 19.1. The minimum atomic E-state index is -4.43. The van der Waals surface area contributed by atoms with Crippen LogP contribution >= 0.6 is 0 Å². The summed E-state index contributed by atoms with van der Waals surface area (Å²) in [7, 11) is -0.496. The van der Waals surface area contributed by atoms with Crippen LogP contribution in [0.4, 0.5) is 19.0 Å². The summed E-state index contributed by atoms with van der Waals surface area (Å²) in [6, 6.07) is 1.87. The number of anilines is 1. The molecule has 2 heterocycles. The lowest BCUT2D eigenvalue weighted by Gasteiger charge is -2.32. The van der Waals surface area contributed by atoms with Gasteiger partial charge in [-0.1, -0.05) is 24.8 Å². The number of aryl methyl sites for hydroxylation is 1. The molecular formula is C21H28BF3N2O2. The van der Waals surface area contributed by atoms with Crippen molar-refractivity contribution in [2.24, 2.45) is 0 Å². The molecular weight excluding hydrogens is 380 g/mol. The second-order valence-corrected chi connectivity index (χ2v) is 8.09. The molecule has 1 saturated heterocycles. The molecule has 29 heavy (non-hydrogen) atoms. The first-order valence-corrected chi connectivity index (χ1v) is 9.42. The van der Waals surface area contributed by atoms with E-state index in [0.717, 1.165) is 17.1 Å². The molecule has 0 amide bonds. The third-order valence-corrected chi connectivity index (χ3v) is 5.37. The van der Waals surface area contributed by atoms with Gasteiger partial charge in [-0.3, -0.25) is 0 Å². The molecule has 0 unspecified atom stereocenters. The van der Waals surface area contributed by atoms with Gasteiger partial charge in [0.25, 0.3) is 0 Å². The third-order valence-electron chi connectivity index (χ3n) is 5.37. The van der Waals surface area contributed by atoms with E-state index in [4.69, 9.17) is 9.31 Å². The van der Waals surface area contributed by atoms with Gasteiger partial charge in [-0.05, 0) is 58.7 Å². The highest BCUT2D eigenvalue weighted by molar-refractivity contribution is 6.62. The van der Waals surface area contributed by atoms with E-state index in [1.54, 1.807) is 19.2 Å². The molecule has 1 aliphatic heterocycles. The summed E-state index contributed by atoms with van der Waals surface area (Å²) in [5, 5.41) is 3.13. The largest absolute Gasteiger partial charge is 0.496 e. The van der Waals surface area contributed by atoms with Gasteiger partial charge in [0.2, 0.25) is 0 Å². The lowest BCUT2D eigenvalue weighted by Crippen LogP contribution is -2.41. The summed E-state index contributed by atoms with van der Waals surface area (Å²) in [4.78, 5) is 4.40. The first kappa shape index (κ1) is 23.2. The van der Waals surface area contributed by atoms with Crippen molar-refractivity contribution in [3.8, 4) is 0 Å². The zero-order valence-corrected chi connectivity index (χ0v) is 17.8. The van der Waals surface area contributed by atoms with E-state index in [2.05, 4.69) is 16.9 Å². The van der Waals surface area contributed by atoms with Gasteiger partial charge in [-0.2, -0.15) is 13.2 Å². The number of rotatable bonds is 6. The number of allylic oxidation sites excluding steroid dienone is 3. The average Bonchev–Trinajstić information content (AvgIpc) is 2.81. The first-order chi connectivity index (χ1) is 13.3. The van der Waals surface area contributed by atoms with Crippen LogP contribution in [0.15, 0.2) is 48.2 Å². The van der Waals surface area contributed by atoms with Crippen LogP contribution in [-0.2, 0) is 9.31 Å². The standard InChI is InChI=1S/C21H28BF3N2O2/c1-8-16(10-9-15(3)21(23,24)25)12-26-18-11-14(2)17(13-27-18)22-28-19(4,5)20(6,7)29-22/h8-11,13H,3,12H2,1-2,4-7H3,(H,26,27)/b10-9-,16-8+. The molecule has 1 aromatic heterocycles. The minimum Gasteiger partial charge on any atom is -0.399 e. The van der Waals surface area contributed by atoms with E-state index in [-0.39, 0.29) is 0 Å². The van der Waals surface area contributed by atoms with Gasteiger partial charge in [-0.15, -0.1) is 0 Å².